The zero-order valence-corrected chi connectivity index (χ0v) is 15.6. The van der Waals surface area contributed by atoms with Gasteiger partial charge in [-0.25, -0.2) is 0 Å². The second-order valence-electron chi connectivity index (χ2n) is 5.90. The number of hydrogen-bond acceptors (Lipinski definition) is 4. The van der Waals surface area contributed by atoms with Crippen LogP contribution in [-0.4, -0.2) is 32.1 Å². The van der Waals surface area contributed by atoms with Gasteiger partial charge in [-0.15, -0.1) is 0 Å². The molecule has 0 unspecified atom stereocenters. The molecule has 0 saturated carbocycles. The van der Waals surface area contributed by atoms with Crippen molar-refractivity contribution < 1.29 is 41.0 Å². The summed E-state index contributed by atoms with van der Waals surface area (Å²) in [6.07, 6.45) is -4.45. The van der Waals surface area contributed by atoms with Crippen LogP contribution in [0.3, 0.4) is 0 Å². The molecule has 0 aliphatic rings. The van der Waals surface area contributed by atoms with E-state index < -0.39 is 36.7 Å². The fraction of sp³-hybridized carbons (Fsp3) is 0.263. The van der Waals surface area contributed by atoms with Crippen LogP contribution in [0.4, 0.5) is 22.0 Å². The number of ether oxygens (including phenoxy) is 2. The molecular weight excluding hydrogens is 415 g/mol. The number of rotatable bonds is 8. The number of carbonyl (C=O) groups is 2. The van der Waals surface area contributed by atoms with Crippen molar-refractivity contribution in [2.45, 2.75) is 19.3 Å². The molecule has 162 valence electrons. The summed E-state index contributed by atoms with van der Waals surface area (Å²) in [5.74, 6) is -1.58. The molecule has 30 heavy (non-hydrogen) atoms. The van der Waals surface area contributed by atoms with Gasteiger partial charge in [0.25, 0.3) is 5.91 Å². The summed E-state index contributed by atoms with van der Waals surface area (Å²) >= 11 is 0. The van der Waals surface area contributed by atoms with Crippen molar-refractivity contribution in [3.63, 3.8) is 0 Å². The van der Waals surface area contributed by atoms with Gasteiger partial charge in [0.2, 0.25) is 5.91 Å². The molecule has 0 aliphatic carbocycles. The highest BCUT2D eigenvalue weighted by atomic mass is 19.4. The molecule has 0 heterocycles. The Balaban J connectivity index is 1.86. The van der Waals surface area contributed by atoms with Crippen molar-refractivity contribution in [2.24, 2.45) is 0 Å². The van der Waals surface area contributed by atoms with Crippen molar-refractivity contribution in [1.82, 2.24) is 10.6 Å². The zero-order chi connectivity index (χ0) is 22.3. The lowest BCUT2D eigenvalue weighted by Gasteiger charge is -2.12. The molecule has 0 aliphatic heterocycles. The van der Waals surface area contributed by atoms with Crippen molar-refractivity contribution in [2.75, 3.05) is 13.7 Å². The average Bonchev–Trinajstić information content (AvgIpc) is 2.70. The highest BCUT2D eigenvalue weighted by molar-refractivity contribution is 5.97. The van der Waals surface area contributed by atoms with Gasteiger partial charge in [-0.3, -0.25) is 9.59 Å². The van der Waals surface area contributed by atoms with E-state index in [1.165, 1.54) is 31.4 Å². The summed E-state index contributed by atoms with van der Waals surface area (Å²) in [4.78, 5) is 24.0. The number of carbonyl (C=O) groups excluding carboxylic acids is 2. The molecule has 2 rings (SSSR count). The number of amides is 2. The fourth-order valence-corrected chi connectivity index (χ4v) is 2.34. The smallest absolute Gasteiger partial charge is 0.416 e. The Bertz CT molecular complexity index is 885. The van der Waals surface area contributed by atoms with E-state index >= 15 is 0 Å². The van der Waals surface area contributed by atoms with E-state index in [-0.39, 0.29) is 23.6 Å². The molecule has 11 heteroatoms. The van der Waals surface area contributed by atoms with Crippen LogP contribution in [0.1, 0.15) is 21.5 Å². The summed E-state index contributed by atoms with van der Waals surface area (Å²) in [6, 6.07) is 7.79. The van der Waals surface area contributed by atoms with E-state index in [2.05, 4.69) is 15.4 Å². The molecule has 0 radical (unpaired) electrons. The number of alkyl halides is 5. The van der Waals surface area contributed by atoms with Gasteiger partial charge < -0.3 is 20.1 Å². The first kappa shape index (κ1) is 22.9. The van der Waals surface area contributed by atoms with E-state index in [4.69, 9.17) is 4.74 Å². The van der Waals surface area contributed by atoms with E-state index in [1.54, 1.807) is 0 Å². The van der Waals surface area contributed by atoms with Crippen LogP contribution in [0.25, 0.3) is 0 Å². The molecule has 0 bridgehead atoms. The molecular formula is C19H17F5N2O4. The molecule has 0 atom stereocenters. The first-order valence-corrected chi connectivity index (χ1v) is 8.44. The normalized spacial score (nSPS) is 11.2. The summed E-state index contributed by atoms with van der Waals surface area (Å²) < 4.78 is 71.3. The van der Waals surface area contributed by atoms with Crippen molar-refractivity contribution in [3.05, 3.63) is 59.2 Å². The maximum atomic E-state index is 12.5. The maximum absolute atomic E-state index is 12.5. The van der Waals surface area contributed by atoms with Gasteiger partial charge in [0.05, 0.1) is 19.2 Å². The van der Waals surface area contributed by atoms with Gasteiger partial charge in [-0.2, -0.15) is 22.0 Å². The minimum atomic E-state index is -4.45. The number of benzene rings is 2. The maximum Gasteiger partial charge on any atom is 0.416 e. The predicted molar refractivity (Wildman–Crippen MR) is 95.2 cm³/mol. The van der Waals surface area contributed by atoms with Crippen molar-refractivity contribution >= 4 is 11.8 Å². The first-order valence-electron chi connectivity index (χ1n) is 8.44. The Morgan fingerprint density at radius 3 is 2.23 bits per heavy atom. The highest BCUT2D eigenvalue weighted by Crippen LogP contribution is 2.30. The Morgan fingerprint density at radius 1 is 1.00 bits per heavy atom. The molecule has 6 nitrogen and oxygen atoms in total. The number of methoxy groups -OCH3 is 1. The summed E-state index contributed by atoms with van der Waals surface area (Å²) in [7, 11) is 1.21. The summed E-state index contributed by atoms with van der Waals surface area (Å²) in [6.45, 7) is -3.50. The number of hydrogen-bond donors (Lipinski definition) is 2. The van der Waals surface area contributed by atoms with Crippen LogP contribution in [0.15, 0.2) is 42.5 Å². The van der Waals surface area contributed by atoms with Gasteiger partial charge in [0.15, 0.2) is 11.5 Å². The average molecular weight is 432 g/mol. The lowest BCUT2D eigenvalue weighted by atomic mass is 10.1. The van der Waals surface area contributed by atoms with Crippen LogP contribution >= 0.6 is 0 Å². The summed E-state index contributed by atoms with van der Waals surface area (Å²) in [5.41, 5.74) is -0.309. The highest BCUT2D eigenvalue weighted by Gasteiger charge is 2.29. The van der Waals surface area contributed by atoms with Crippen LogP contribution in [0.2, 0.25) is 0 Å². The molecule has 0 saturated heterocycles. The Labute approximate surface area is 168 Å². The molecule has 2 aromatic carbocycles. The third-order valence-corrected chi connectivity index (χ3v) is 3.82. The predicted octanol–water partition coefficient (Wildman–Crippen LogP) is 3.36. The Kier molecular flexibility index (Phi) is 7.56. The van der Waals surface area contributed by atoms with Gasteiger partial charge in [-0.05, 0) is 35.9 Å². The topological polar surface area (TPSA) is 76.7 Å². The third kappa shape index (κ3) is 6.61. The monoisotopic (exact) mass is 432 g/mol. The fourth-order valence-electron chi connectivity index (χ4n) is 2.34. The minimum absolute atomic E-state index is 0.0275. The van der Waals surface area contributed by atoms with Gasteiger partial charge in [0.1, 0.15) is 0 Å². The van der Waals surface area contributed by atoms with Crippen LogP contribution in [0, 0.1) is 0 Å². The second-order valence-corrected chi connectivity index (χ2v) is 5.90. The lowest BCUT2D eigenvalue weighted by Crippen LogP contribution is -2.36. The molecule has 0 spiro atoms. The first-order chi connectivity index (χ1) is 14.1. The SMILES string of the molecule is COc1cc(C(=O)NCC(=O)NCc2ccc(C(F)(F)F)cc2)ccc1OC(F)F. The second kappa shape index (κ2) is 9.90. The third-order valence-electron chi connectivity index (χ3n) is 3.82. The van der Waals surface area contributed by atoms with Gasteiger partial charge >= 0.3 is 12.8 Å². The number of nitrogens with one attached hydrogen (secondary N) is 2. The minimum Gasteiger partial charge on any atom is -0.493 e. The zero-order valence-electron chi connectivity index (χ0n) is 15.6. The Hall–Kier alpha value is -3.37. The van der Waals surface area contributed by atoms with Crippen LogP contribution in [-0.2, 0) is 17.5 Å². The van der Waals surface area contributed by atoms with Gasteiger partial charge in [-0.1, -0.05) is 12.1 Å². The largest absolute Gasteiger partial charge is 0.493 e. The van der Waals surface area contributed by atoms with E-state index in [0.717, 1.165) is 18.2 Å². The van der Waals surface area contributed by atoms with E-state index in [9.17, 15) is 31.5 Å². The van der Waals surface area contributed by atoms with Gasteiger partial charge in [0, 0.05) is 12.1 Å². The quantitative estimate of drug-likeness (QED) is 0.628. The molecule has 0 fully saturated rings. The Morgan fingerprint density at radius 2 is 1.67 bits per heavy atom. The molecule has 2 N–H and O–H groups in total. The van der Waals surface area contributed by atoms with Crippen LogP contribution < -0.4 is 20.1 Å². The standard InChI is InChI=1S/C19H17F5N2O4/c1-29-15-8-12(4-7-14(15)30-18(20)21)17(28)26-10-16(27)25-9-11-2-5-13(6-3-11)19(22,23)24/h2-8,18H,9-10H2,1H3,(H,25,27)(H,26,28). The van der Waals surface area contributed by atoms with E-state index in [1.807, 2.05) is 0 Å². The lowest BCUT2D eigenvalue weighted by molar-refractivity contribution is -0.137. The molecule has 2 amide bonds. The van der Waals surface area contributed by atoms with Crippen molar-refractivity contribution in [3.8, 4) is 11.5 Å². The summed E-state index contributed by atoms with van der Waals surface area (Å²) in [5, 5.41) is 4.79. The molecule has 2 aromatic rings. The number of halogens is 5. The molecule has 0 aromatic heterocycles. The van der Waals surface area contributed by atoms with Crippen LogP contribution in [0.5, 0.6) is 11.5 Å². The van der Waals surface area contributed by atoms with Crippen molar-refractivity contribution in [1.29, 1.82) is 0 Å². The van der Waals surface area contributed by atoms with E-state index in [0.29, 0.717) is 5.56 Å².